The largest absolute Gasteiger partial charge is 0.496 e. The quantitative estimate of drug-likeness (QED) is 0.280. The minimum absolute atomic E-state index is 0.00368. The van der Waals surface area contributed by atoms with Crippen molar-refractivity contribution in [2.24, 2.45) is 0 Å². The number of nitro benzene ring substituents is 1. The number of urea groups is 1. The molecular formula is C26H28N4O5. The third-order valence-electron chi connectivity index (χ3n) is 6.40. The number of likely N-dealkylation sites (N-methyl/N-ethyl adjacent to an activating group) is 1. The maximum Gasteiger partial charge on any atom is 0.329 e. The first-order valence-electron chi connectivity index (χ1n) is 11.3. The van der Waals surface area contributed by atoms with E-state index in [1.165, 1.54) is 24.3 Å². The highest BCUT2D eigenvalue weighted by Gasteiger charge is 2.35. The average molecular weight is 477 g/mol. The molecule has 0 aliphatic carbocycles. The van der Waals surface area contributed by atoms with Gasteiger partial charge in [-0.3, -0.25) is 19.8 Å². The molecule has 2 aromatic carbocycles. The summed E-state index contributed by atoms with van der Waals surface area (Å²) >= 11 is 0. The van der Waals surface area contributed by atoms with Crippen LogP contribution in [0.2, 0.25) is 0 Å². The first-order valence-corrected chi connectivity index (χ1v) is 11.3. The van der Waals surface area contributed by atoms with Gasteiger partial charge in [-0.15, -0.1) is 0 Å². The van der Waals surface area contributed by atoms with Gasteiger partial charge in [0.1, 0.15) is 11.4 Å². The van der Waals surface area contributed by atoms with Gasteiger partial charge in [-0.2, -0.15) is 0 Å². The highest BCUT2D eigenvalue weighted by molar-refractivity contribution is 6.14. The van der Waals surface area contributed by atoms with E-state index in [0.29, 0.717) is 16.9 Å². The molecule has 182 valence electrons. The number of rotatable bonds is 6. The number of nitrogens with zero attached hydrogens (tertiary/aromatic N) is 3. The van der Waals surface area contributed by atoms with Crippen molar-refractivity contribution in [3.63, 3.8) is 0 Å². The van der Waals surface area contributed by atoms with Crippen molar-refractivity contribution in [1.82, 2.24) is 10.2 Å². The predicted octanol–water partition coefficient (Wildman–Crippen LogP) is 4.72. The normalized spacial score (nSPS) is 17.9. The minimum Gasteiger partial charge on any atom is -0.496 e. The van der Waals surface area contributed by atoms with Crippen LogP contribution in [0, 0.1) is 10.1 Å². The first-order chi connectivity index (χ1) is 16.6. The molecule has 0 spiro atoms. The summed E-state index contributed by atoms with van der Waals surface area (Å²) < 4.78 is 5.65. The molecule has 9 heteroatoms. The van der Waals surface area contributed by atoms with Gasteiger partial charge < -0.3 is 15.0 Å². The van der Waals surface area contributed by atoms with Crippen LogP contribution in [0.5, 0.6) is 5.75 Å². The Bertz CT molecular complexity index is 1280. The number of imide groups is 1. The van der Waals surface area contributed by atoms with Gasteiger partial charge in [-0.25, -0.2) is 4.79 Å². The minimum atomic E-state index is -0.550. The summed E-state index contributed by atoms with van der Waals surface area (Å²) in [4.78, 5) is 39.3. The van der Waals surface area contributed by atoms with E-state index in [0.717, 1.165) is 28.3 Å². The number of methoxy groups -OCH3 is 1. The molecule has 0 bridgehead atoms. The number of hydrogen-bond acceptors (Lipinski definition) is 6. The molecule has 2 heterocycles. The van der Waals surface area contributed by atoms with Crippen molar-refractivity contribution in [3.8, 4) is 5.75 Å². The predicted molar refractivity (Wildman–Crippen MR) is 134 cm³/mol. The zero-order valence-corrected chi connectivity index (χ0v) is 20.4. The zero-order valence-electron chi connectivity index (χ0n) is 20.4. The van der Waals surface area contributed by atoms with Crippen LogP contribution in [0.25, 0.3) is 11.6 Å². The third-order valence-corrected chi connectivity index (χ3v) is 6.40. The van der Waals surface area contributed by atoms with Crippen LogP contribution < -0.4 is 15.0 Å². The number of carbonyl (C=O) groups excluding carboxylic acids is 2. The van der Waals surface area contributed by atoms with Crippen molar-refractivity contribution < 1.29 is 19.2 Å². The Balaban J connectivity index is 1.66. The molecule has 0 radical (unpaired) electrons. The van der Waals surface area contributed by atoms with Gasteiger partial charge in [0.05, 0.1) is 24.1 Å². The summed E-state index contributed by atoms with van der Waals surface area (Å²) in [5, 5.41) is 13.5. The van der Waals surface area contributed by atoms with Crippen LogP contribution >= 0.6 is 0 Å². The van der Waals surface area contributed by atoms with Gasteiger partial charge in [0, 0.05) is 41.6 Å². The van der Waals surface area contributed by atoms with Crippen molar-refractivity contribution in [1.29, 1.82) is 0 Å². The van der Waals surface area contributed by atoms with Crippen LogP contribution in [0.4, 0.5) is 16.2 Å². The van der Waals surface area contributed by atoms with Gasteiger partial charge in [0.2, 0.25) is 0 Å². The Morgan fingerprint density at radius 1 is 1.17 bits per heavy atom. The Hall–Kier alpha value is -4.14. The lowest BCUT2D eigenvalue weighted by molar-refractivity contribution is -0.384. The zero-order chi connectivity index (χ0) is 25.5. The molecular weight excluding hydrogens is 448 g/mol. The number of allylic oxidation sites excluding steroid dienone is 1. The first kappa shape index (κ1) is 24.0. The standard InChI is InChI=1S/C26H28N4O5/c1-6-29-22-13-23(35-5)18(11-20(22)16(2)14-26(29,3)4)12-21-24(31)28(25(32)27-21)15-17-7-9-19(10-8-17)30(33)34/h7-14H,6,15H2,1-5H3,(H,27,32)/b21-12+. The molecule has 0 aromatic heterocycles. The molecule has 4 rings (SSSR count). The Kier molecular flexibility index (Phi) is 6.10. The number of ether oxygens (including phenoxy) is 1. The fourth-order valence-corrected chi connectivity index (χ4v) is 4.76. The van der Waals surface area contributed by atoms with Crippen LogP contribution in [0.1, 0.15) is 44.4 Å². The summed E-state index contributed by atoms with van der Waals surface area (Å²) in [7, 11) is 1.58. The summed E-state index contributed by atoms with van der Waals surface area (Å²) in [6, 6.07) is 9.15. The van der Waals surface area contributed by atoms with E-state index < -0.39 is 16.9 Å². The number of non-ortho nitro benzene ring substituents is 1. The van der Waals surface area contributed by atoms with Gasteiger partial charge in [0.15, 0.2) is 0 Å². The number of hydrogen-bond donors (Lipinski definition) is 1. The fraction of sp³-hybridized carbons (Fsp3) is 0.308. The molecule has 0 saturated carbocycles. The molecule has 35 heavy (non-hydrogen) atoms. The van der Waals surface area contributed by atoms with E-state index in [2.05, 4.69) is 44.0 Å². The van der Waals surface area contributed by atoms with E-state index in [9.17, 15) is 19.7 Å². The summed E-state index contributed by atoms with van der Waals surface area (Å²) in [5.41, 5.74) is 4.44. The second kappa shape index (κ2) is 8.90. The van der Waals surface area contributed by atoms with E-state index in [-0.39, 0.29) is 23.5 Å². The van der Waals surface area contributed by atoms with Crippen LogP contribution in [0.3, 0.4) is 0 Å². The maximum atomic E-state index is 13.0. The van der Waals surface area contributed by atoms with Gasteiger partial charge in [-0.1, -0.05) is 18.2 Å². The van der Waals surface area contributed by atoms with E-state index >= 15 is 0 Å². The number of nitro groups is 1. The van der Waals surface area contributed by atoms with Gasteiger partial charge in [-0.05, 0) is 51.0 Å². The number of nitrogens with one attached hydrogen (secondary N) is 1. The summed E-state index contributed by atoms with van der Waals surface area (Å²) in [6.07, 6.45) is 3.84. The highest BCUT2D eigenvalue weighted by atomic mass is 16.6. The van der Waals surface area contributed by atoms with Gasteiger partial charge >= 0.3 is 6.03 Å². The second-order valence-electron chi connectivity index (χ2n) is 9.14. The number of carbonyl (C=O) groups is 2. The van der Waals surface area contributed by atoms with Crippen LogP contribution in [0.15, 0.2) is 48.2 Å². The third kappa shape index (κ3) is 4.37. The number of anilines is 1. The summed E-state index contributed by atoms with van der Waals surface area (Å²) in [6.45, 7) is 9.32. The monoisotopic (exact) mass is 476 g/mol. The number of benzene rings is 2. The molecule has 0 unspecified atom stereocenters. The summed E-state index contributed by atoms with van der Waals surface area (Å²) in [5.74, 6) is 0.118. The van der Waals surface area contributed by atoms with Gasteiger partial charge in [0.25, 0.3) is 11.6 Å². The molecule has 1 fully saturated rings. The Morgan fingerprint density at radius 2 is 1.86 bits per heavy atom. The molecule has 3 amide bonds. The lowest BCUT2D eigenvalue weighted by atomic mass is 9.87. The molecule has 2 aliphatic rings. The molecule has 2 aliphatic heterocycles. The molecule has 0 atom stereocenters. The Morgan fingerprint density at radius 3 is 2.46 bits per heavy atom. The van der Waals surface area contributed by atoms with Crippen LogP contribution in [-0.4, -0.2) is 41.0 Å². The smallest absolute Gasteiger partial charge is 0.329 e. The lowest BCUT2D eigenvalue weighted by Crippen LogP contribution is -2.44. The lowest BCUT2D eigenvalue weighted by Gasteiger charge is -2.43. The maximum absolute atomic E-state index is 13.0. The van der Waals surface area contributed by atoms with Crippen molar-refractivity contribution >= 4 is 35.0 Å². The van der Waals surface area contributed by atoms with E-state index in [1.807, 2.05) is 12.1 Å². The highest BCUT2D eigenvalue weighted by Crippen LogP contribution is 2.42. The Labute approximate surface area is 203 Å². The van der Waals surface area contributed by atoms with Crippen LogP contribution in [-0.2, 0) is 11.3 Å². The average Bonchev–Trinajstić information content (AvgIpc) is 3.06. The second-order valence-corrected chi connectivity index (χ2v) is 9.14. The number of fused-ring (bicyclic) bond motifs is 1. The number of amides is 3. The molecule has 9 nitrogen and oxygen atoms in total. The molecule has 2 aromatic rings. The fourth-order valence-electron chi connectivity index (χ4n) is 4.76. The molecule has 1 N–H and O–H groups in total. The van der Waals surface area contributed by atoms with Crippen molar-refractivity contribution in [3.05, 3.63) is 75.0 Å². The van der Waals surface area contributed by atoms with Crippen molar-refractivity contribution in [2.75, 3.05) is 18.6 Å². The SMILES string of the molecule is CCN1c2cc(OC)c(/C=C3/NC(=O)N(Cc4ccc([N+](=O)[O-])cc4)C3=O)cc2C(C)=CC1(C)C. The van der Waals surface area contributed by atoms with E-state index in [1.54, 1.807) is 13.2 Å². The van der Waals surface area contributed by atoms with Crippen molar-refractivity contribution in [2.45, 2.75) is 39.8 Å². The van der Waals surface area contributed by atoms with E-state index in [4.69, 9.17) is 4.74 Å². The topological polar surface area (TPSA) is 105 Å². The molecule has 1 saturated heterocycles.